The second-order valence-corrected chi connectivity index (χ2v) is 8.20. The number of carbonyl (C=O) groups is 1. The van der Waals surface area contributed by atoms with Crippen LogP contribution in [0, 0.1) is 0 Å². The molecule has 0 saturated heterocycles. The Morgan fingerprint density at radius 3 is 2.09 bits per heavy atom. The van der Waals surface area contributed by atoms with E-state index in [1.165, 1.54) is 7.11 Å². The fourth-order valence-corrected chi connectivity index (χ4v) is 4.54. The minimum atomic E-state index is -4.72. The number of nitrogens with one attached hydrogen (secondary N) is 1. The van der Waals surface area contributed by atoms with E-state index in [9.17, 15) is 18.0 Å². The van der Waals surface area contributed by atoms with E-state index in [4.69, 9.17) is 9.47 Å². The van der Waals surface area contributed by atoms with Crippen molar-refractivity contribution in [2.24, 2.45) is 0 Å². The monoisotopic (exact) mass is 470 g/mol. The van der Waals surface area contributed by atoms with E-state index >= 15 is 0 Å². The lowest BCUT2D eigenvalue weighted by Gasteiger charge is -2.35. The number of methoxy groups -OCH3 is 2. The van der Waals surface area contributed by atoms with Crippen LogP contribution in [0.1, 0.15) is 41.8 Å². The predicted octanol–water partition coefficient (Wildman–Crippen LogP) is 4.73. The first-order chi connectivity index (χ1) is 16.3. The largest absolute Gasteiger partial charge is 0.497 e. The zero-order valence-electron chi connectivity index (χ0n) is 18.4. The average Bonchev–Trinajstić information content (AvgIpc) is 3.27. The zero-order chi connectivity index (χ0) is 24.0. The molecule has 10 heteroatoms. The molecule has 2 atom stereocenters. The number of hydrogen-bond acceptors (Lipinski definition) is 6. The van der Waals surface area contributed by atoms with Gasteiger partial charge < -0.3 is 14.8 Å². The number of rotatable bonds is 4. The van der Waals surface area contributed by atoms with Gasteiger partial charge in [-0.3, -0.25) is 4.79 Å². The number of hydrogen-bond donors (Lipinski definition) is 1. The van der Waals surface area contributed by atoms with Crippen molar-refractivity contribution in [2.45, 2.75) is 31.0 Å². The van der Waals surface area contributed by atoms with E-state index in [2.05, 4.69) is 15.4 Å². The van der Waals surface area contributed by atoms with Crippen LogP contribution >= 0.6 is 0 Å². The summed E-state index contributed by atoms with van der Waals surface area (Å²) in [4.78, 5) is 17.1. The van der Waals surface area contributed by atoms with Crippen molar-refractivity contribution >= 4 is 11.7 Å². The third-order valence-electron chi connectivity index (χ3n) is 6.19. The highest BCUT2D eigenvalue weighted by Crippen LogP contribution is 2.45. The number of benzene rings is 2. The molecule has 0 bridgehead atoms. The summed E-state index contributed by atoms with van der Waals surface area (Å²) in [5.74, 6) is -0.282. The SMILES string of the molecule is COc1ccc([C@@H]2CC(=O)C3=C(C2)Nc2nc(C(F)(F)F)nn2[C@@H]3c2ccc(OC)cc2)cc1. The molecule has 3 aromatic rings. The topological polar surface area (TPSA) is 78.3 Å². The Morgan fingerprint density at radius 2 is 1.53 bits per heavy atom. The van der Waals surface area contributed by atoms with Crippen LogP contribution < -0.4 is 14.8 Å². The molecule has 2 heterocycles. The third-order valence-corrected chi connectivity index (χ3v) is 6.19. The molecule has 0 saturated carbocycles. The van der Waals surface area contributed by atoms with Gasteiger partial charge in [-0.25, -0.2) is 4.68 Å². The number of anilines is 1. The molecule has 0 spiro atoms. The first-order valence-electron chi connectivity index (χ1n) is 10.6. The maximum Gasteiger partial charge on any atom is 0.453 e. The summed E-state index contributed by atoms with van der Waals surface area (Å²) in [5.41, 5.74) is 2.53. The van der Waals surface area contributed by atoms with Gasteiger partial charge in [-0.05, 0) is 47.7 Å². The molecule has 1 aliphatic heterocycles. The molecular weight excluding hydrogens is 449 g/mol. The molecule has 7 nitrogen and oxygen atoms in total. The lowest BCUT2D eigenvalue weighted by Crippen LogP contribution is -2.33. The normalized spacial score (nSPS) is 19.9. The molecule has 2 aromatic carbocycles. The number of Topliss-reactive ketones (excluding diaryl/α,β-unsaturated/α-hetero) is 1. The molecule has 0 amide bonds. The molecule has 34 heavy (non-hydrogen) atoms. The van der Waals surface area contributed by atoms with Gasteiger partial charge in [-0.2, -0.15) is 18.2 Å². The van der Waals surface area contributed by atoms with Crippen molar-refractivity contribution in [1.29, 1.82) is 0 Å². The predicted molar refractivity (Wildman–Crippen MR) is 117 cm³/mol. The van der Waals surface area contributed by atoms with Gasteiger partial charge in [0.15, 0.2) is 5.78 Å². The summed E-state index contributed by atoms with van der Waals surface area (Å²) in [5, 5.41) is 6.70. The number of allylic oxidation sites excluding steroid dienone is 2. The van der Waals surface area contributed by atoms with Gasteiger partial charge in [0.25, 0.3) is 5.82 Å². The number of fused-ring (bicyclic) bond motifs is 1. The van der Waals surface area contributed by atoms with Crippen LogP contribution in [-0.2, 0) is 11.0 Å². The Balaban J connectivity index is 1.58. The Hall–Kier alpha value is -3.82. The molecule has 2 aliphatic rings. The van der Waals surface area contributed by atoms with Crippen LogP contribution in [0.3, 0.4) is 0 Å². The van der Waals surface area contributed by atoms with Crippen LogP contribution in [0.15, 0.2) is 59.8 Å². The fourth-order valence-electron chi connectivity index (χ4n) is 4.54. The lowest BCUT2D eigenvalue weighted by molar-refractivity contribution is -0.145. The molecular formula is C24H21F3N4O3. The smallest absolute Gasteiger partial charge is 0.453 e. The highest BCUT2D eigenvalue weighted by atomic mass is 19.4. The van der Waals surface area contributed by atoms with E-state index in [1.807, 2.05) is 24.3 Å². The number of nitrogens with zero attached hydrogens (tertiary/aromatic N) is 3. The molecule has 1 aromatic heterocycles. The minimum absolute atomic E-state index is 0.0462. The van der Waals surface area contributed by atoms with E-state index in [0.717, 1.165) is 10.2 Å². The maximum atomic E-state index is 13.4. The van der Waals surface area contributed by atoms with Crippen LogP contribution in [-0.4, -0.2) is 34.8 Å². The van der Waals surface area contributed by atoms with Crippen LogP contribution in [0.25, 0.3) is 0 Å². The third kappa shape index (κ3) is 3.78. The summed E-state index contributed by atoms with van der Waals surface area (Å²) >= 11 is 0. The molecule has 0 radical (unpaired) electrons. The molecule has 1 aliphatic carbocycles. The van der Waals surface area contributed by atoms with E-state index < -0.39 is 18.0 Å². The lowest BCUT2D eigenvalue weighted by atomic mass is 9.78. The first-order valence-corrected chi connectivity index (χ1v) is 10.6. The van der Waals surface area contributed by atoms with Gasteiger partial charge in [0, 0.05) is 17.7 Å². The summed E-state index contributed by atoms with van der Waals surface area (Å²) < 4.78 is 51.8. The summed E-state index contributed by atoms with van der Waals surface area (Å²) in [6.45, 7) is 0. The van der Waals surface area contributed by atoms with Crippen molar-refractivity contribution in [2.75, 3.05) is 19.5 Å². The van der Waals surface area contributed by atoms with Crippen LogP contribution in [0.5, 0.6) is 11.5 Å². The second-order valence-electron chi connectivity index (χ2n) is 8.20. The molecule has 0 fully saturated rings. The number of aromatic nitrogens is 3. The fraction of sp³-hybridized carbons (Fsp3) is 0.292. The molecule has 5 rings (SSSR count). The van der Waals surface area contributed by atoms with Crippen molar-refractivity contribution in [3.05, 3.63) is 76.8 Å². The van der Waals surface area contributed by atoms with E-state index in [-0.39, 0.29) is 24.1 Å². The van der Waals surface area contributed by atoms with E-state index in [1.54, 1.807) is 31.4 Å². The molecule has 1 N–H and O–H groups in total. The van der Waals surface area contributed by atoms with Gasteiger partial charge in [0.05, 0.1) is 14.2 Å². The molecule has 176 valence electrons. The summed E-state index contributed by atoms with van der Waals surface area (Å²) in [6, 6.07) is 13.5. The van der Waals surface area contributed by atoms with Crippen molar-refractivity contribution < 1.29 is 27.4 Å². The van der Waals surface area contributed by atoms with Crippen LogP contribution in [0.2, 0.25) is 0 Å². The average molecular weight is 470 g/mol. The Bertz CT molecular complexity index is 1260. The Morgan fingerprint density at radius 1 is 0.941 bits per heavy atom. The van der Waals surface area contributed by atoms with Gasteiger partial charge >= 0.3 is 6.18 Å². The maximum absolute atomic E-state index is 13.4. The zero-order valence-corrected chi connectivity index (χ0v) is 18.4. The van der Waals surface area contributed by atoms with Gasteiger partial charge in [-0.1, -0.05) is 24.3 Å². The number of alkyl halides is 3. The standard InChI is InChI=1S/C24H21F3N4O3/c1-33-16-7-3-13(4-8-16)15-11-18-20(19(32)12-15)21(14-5-9-17(34-2)10-6-14)31-23(28-18)29-22(30-31)24(25,26)27/h3-10,15,21H,11-12H2,1-2H3,(H,28,29,30)/t15-,21+/m0/s1. The number of ketones is 1. The minimum Gasteiger partial charge on any atom is -0.497 e. The van der Waals surface area contributed by atoms with Crippen molar-refractivity contribution in [3.8, 4) is 11.5 Å². The van der Waals surface area contributed by atoms with Crippen LogP contribution in [0.4, 0.5) is 19.1 Å². The van der Waals surface area contributed by atoms with Crippen molar-refractivity contribution in [1.82, 2.24) is 14.8 Å². The van der Waals surface area contributed by atoms with Crippen molar-refractivity contribution in [3.63, 3.8) is 0 Å². The molecule has 0 unspecified atom stereocenters. The van der Waals surface area contributed by atoms with Gasteiger partial charge in [0.1, 0.15) is 17.5 Å². The first kappa shape index (κ1) is 22.0. The highest BCUT2D eigenvalue weighted by molar-refractivity contribution is 6.00. The second kappa shape index (κ2) is 8.19. The Kier molecular flexibility index (Phi) is 5.30. The Labute approximate surface area is 193 Å². The number of carbonyl (C=O) groups excluding carboxylic acids is 1. The van der Waals surface area contributed by atoms with E-state index in [0.29, 0.717) is 34.8 Å². The number of halogens is 3. The number of ether oxygens (including phenoxy) is 2. The van der Waals surface area contributed by atoms with Gasteiger partial charge in [-0.15, -0.1) is 5.10 Å². The summed E-state index contributed by atoms with van der Waals surface area (Å²) in [7, 11) is 3.10. The highest BCUT2D eigenvalue weighted by Gasteiger charge is 2.43. The quantitative estimate of drug-likeness (QED) is 0.594. The summed E-state index contributed by atoms with van der Waals surface area (Å²) in [6.07, 6.45) is -4.03. The van der Waals surface area contributed by atoms with Gasteiger partial charge in [0.2, 0.25) is 5.95 Å².